The second kappa shape index (κ2) is 6.87. The van der Waals surface area contributed by atoms with E-state index in [1.807, 2.05) is 30.3 Å². The summed E-state index contributed by atoms with van der Waals surface area (Å²) in [4.78, 5) is 13.5. The lowest BCUT2D eigenvalue weighted by atomic mass is 9.92. The standard InChI is InChI=1S/C16H22F2N2O/c1-20(12-10-13-7-3-2-4-8-13)15(21)19-14-9-5-6-11-16(14,17)18/h2-4,7-8,14H,5-6,9-12H2,1H3,(H,19,21). The van der Waals surface area contributed by atoms with E-state index in [1.165, 1.54) is 4.90 Å². The van der Waals surface area contributed by atoms with Crippen LogP contribution in [-0.2, 0) is 6.42 Å². The average Bonchev–Trinajstić information content (AvgIpc) is 2.48. The zero-order valence-corrected chi connectivity index (χ0v) is 12.3. The summed E-state index contributed by atoms with van der Waals surface area (Å²) >= 11 is 0. The van der Waals surface area contributed by atoms with Gasteiger partial charge in [-0.3, -0.25) is 0 Å². The van der Waals surface area contributed by atoms with Gasteiger partial charge in [0.25, 0.3) is 5.92 Å². The largest absolute Gasteiger partial charge is 0.329 e. The molecule has 116 valence electrons. The van der Waals surface area contributed by atoms with E-state index in [2.05, 4.69) is 5.32 Å². The predicted molar refractivity (Wildman–Crippen MR) is 78.5 cm³/mol. The van der Waals surface area contributed by atoms with Crippen LogP contribution in [0.5, 0.6) is 0 Å². The molecule has 2 amide bonds. The van der Waals surface area contributed by atoms with Crippen molar-refractivity contribution in [2.45, 2.75) is 44.1 Å². The Kier molecular flexibility index (Phi) is 5.15. The first-order valence-corrected chi connectivity index (χ1v) is 7.42. The van der Waals surface area contributed by atoms with Gasteiger partial charge in [-0.1, -0.05) is 36.8 Å². The summed E-state index contributed by atoms with van der Waals surface area (Å²) < 4.78 is 27.4. The molecule has 1 fully saturated rings. The zero-order chi connectivity index (χ0) is 15.3. The van der Waals surface area contributed by atoms with Gasteiger partial charge in [-0.15, -0.1) is 0 Å². The number of amides is 2. The maximum absolute atomic E-state index is 13.7. The Morgan fingerprint density at radius 3 is 2.71 bits per heavy atom. The van der Waals surface area contributed by atoms with Crippen LogP contribution < -0.4 is 5.32 Å². The Morgan fingerprint density at radius 1 is 1.33 bits per heavy atom. The molecule has 2 rings (SSSR count). The number of likely N-dealkylation sites (N-methyl/N-ethyl adjacent to an activating group) is 1. The lowest BCUT2D eigenvalue weighted by Gasteiger charge is -2.33. The maximum Gasteiger partial charge on any atom is 0.317 e. The minimum absolute atomic E-state index is 0.133. The van der Waals surface area contributed by atoms with Gasteiger partial charge in [0.15, 0.2) is 0 Å². The molecule has 1 unspecified atom stereocenters. The summed E-state index contributed by atoms with van der Waals surface area (Å²) in [7, 11) is 1.64. The molecule has 1 N–H and O–H groups in total. The fraction of sp³-hybridized carbons (Fsp3) is 0.562. The first-order chi connectivity index (χ1) is 9.99. The normalized spacial score (nSPS) is 20.8. The number of hydrogen-bond acceptors (Lipinski definition) is 1. The van der Waals surface area contributed by atoms with E-state index in [0.717, 1.165) is 12.0 Å². The van der Waals surface area contributed by atoms with Crippen molar-refractivity contribution in [3.63, 3.8) is 0 Å². The monoisotopic (exact) mass is 296 g/mol. The number of hydrogen-bond donors (Lipinski definition) is 1. The van der Waals surface area contributed by atoms with Crippen LogP contribution in [-0.4, -0.2) is 36.5 Å². The predicted octanol–water partition coefficient (Wildman–Crippen LogP) is 3.45. The highest BCUT2D eigenvalue weighted by atomic mass is 19.3. The summed E-state index contributed by atoms with van der Waals surface area (Å²) in [5.41, 5.74) is 1.13. The molecule has 0 aliphatic heterocycles. The second-order valence-corrected chi connectivity index (χ2v) is 5.67. The highest BCUT2D eigenvalue weighted by Crippen LogP contribution is 2.33. The molecule has 1 aromatic carbocycles. The van der Waals surface area contributed by atoms with E-state index in [1.54, 1.807) is 7.05 Å². The van der Waals surface area contributed by atoms with Crippen LogP contribution in [0.25, 0.3) is 0 Å². The van der Waals surface area contributed by atoms with Crippen LogP contribution in [0.2, 0.25) is 0 Å². The van der Waals surface area contributed by atoms with Crippen molar-refractivity contribution < 1.29 is 13.6 Å². The Hall–Kier alpha value is -1.65. The molecule has 1 aromatic rings. The minimum Gasteiger partial charge on any atom is -0.329 e. The number of halogens is 2. The summed E-state index contributed by atoms with van der Waals surface area (Å²) in [5.74, 6) is -2.78. The van der Waals surface area contributed by atoms with E-state index in [9.17, 15) is 13.6 Å². The van der Waals surface area contributed by atoms with Gasteiger partial charge in [-0.25, -0.2) is 13.6 Å². The first-order valence-electron chi connectivity index (χ1n) is 7.42. The Bertz CT molecular complexity index is 465. The molecule has 1 atom stereocenters. The van der Waals surface area contributed by atoms with E-state index in [0.29, 0.717) is 25.8 Å². The molecule has 5 heteroatoms. The van der Waals surface area contributed by atoms with Gasteiger partial charge in [0.2, 0.25) is 0 Å². The van der Waals surface area contributed by atoms with Gasteiger partial charge in [0.1, 0.15) is 0 Å². The highest BCUT2D eigenvalue weighted by Gasteiger charge is 2.42. The molecular weight excluding hydrogens is 274 g/mol. The topological polar surface area (TPSA) is 32.3 Å². The molecular formula is C16H22F2N2O. The number of nitrogens with one attached hydrogen (secondary N) is 1. The van der Waals surface area contributed by atoms with Crippen LogP contribution in [0.4, 0.5) is 13.6 Å². The van der Waals surface area contributed by atoms with Gasteiger partial charge < -0.3 is 10.2 Å². The molecule has 0 radical (unpaired) electrons. The number of rotatable bonds is 4. The molecule has 21 heavy (non-hydrogen) atoms. The van der Waals surface area contributed by atoms with E-state index in [-0.39, 0.29) is 6.42 Å². The van der Waals surface area contributed by atoms with Crippen LogP contribution in [0, 0.1) is 0 Å². The van der Waals surface area contributed by atoms with Crippen LogP contribution in [0.15, 0.2) is 30.3 Å². The third-order valence-electron chi connectivity index (χ3n) is 3.99. The fourth-order valence-corrected chi connectivity index (χ4v) is 2.57. The molecule has 1 aliphatic rings. The van der Waals surface area contributed by atoms with Crippen molar-refractivity contribution in [3.05, 3.63) is 35.9 Å². The number of benzene rings is 1. The van der Waals surface area contributed by atoms with E-state index in [4.69, 9.17) is 0 Å². The fourth-order valence-electron chi connectivity index (χ4n) is 2.57. The molecule has 0 bridgehead atoms. The number of carbonyl (C=O) groups is 1. The van der Waals surface area contributed by atoms with Crippen molar-refractivity contribution in [2.24, 2.45) is 0 Å². The van der Waals surface area contributed by atoms with Crippen molar-refractivity contribution in [1.82, 2.24) is 10.2 Å². The summed E-state index contributed by atoms with van der Waals surface area (Å²) in [5, 5.41) is 2.48. The third-order valence-corrected chi connectivity index (χ3v) is 3.99. The Labute approximate surface area is 124 Å². The van der Waals surface area contributed by atoms with E-state index < -0.39 is 18.0 Å². The SMILES string of the molecule is CN(CCc1ccccc1)C(=O)NC1CCCCC1(F)F. The van der Waals surface area contributed by atoms with Gasteiger partial charge in [-0.2, -0.15) is 0 Å². The molecule has 0 spiro atoms. The smallest absolute Gasteiger partial charge is 0.317 e. The summed E-state index contributed by atoms with van der Waals surface area (Å²) in [6.07, 6.45) is 2.21. The molecule has 1 saturated carbocycles. The van der Waals surface area contributed by atoms with Gasteiger partial charge >= 0.3 is 6.03 Å². The van der Waals surface area contributed by atoms with Gasteiger partial charge in [0, 0.05) is 20.0 Å². The van der Waals surface area contributed by atoms with Gasteiger partial charge in [-0.05, 0) is 24.8 Å². The van der Waals surface area contributed by atoms with Crippen molar-refractivity contribution >= 4 is 6.03 Å². The average molecular weight is 296 g/mol. The molecule has 1 aliphatic carbocycles. The molecule has 0 aromatic heterocycles. The molecule has 0 heterocycles. The van der Waals surface area contributed by atoms with Crippen molar-refractivity contribution in [3.8, 4) is 0 Å². The van der Waals surface area contributed by atoms with Crippen LogP contribution in [0.1, 0.15) is 31.2 Å². The molecule has 3 nitrogen and oxygen atoms in total. The Morgan fingerprint density at radius 2 is 2.05 bits per heavy atom. The minimum atomic E-state index is -2.78. The van der Waals surface area contributed by atoms with Gasteiger partial charge in [0.05, 0.1) is 6.04 Å². The number of urea groups is 1. The summed E-state index contributed by atoms with van der Waals surface area (Å²) in [6.45, 7) is 0.508. The number of alkyl halides is 2. The van der Waals surface area contributed by atoms with E-state index >= 15 is 0 Å². The highest BCUT2D eigenvalue weighted by molar-refractivity contribution is 5.74. The lowest BCUT2D eigenvalue weighted by molar-refractivity contribution is -0.0606. The lowest BCUT2D eigenvalue weighted by Crippen LogP contribution is -2.52. The maximum atomic E-state index is 13.7. The quantitative estimate of drug-likeness (QED) is 0.907. The van der Waals surface area contributed by atoms with Crippen molar-refractivity contribution in [2.75, 3.05) is 13.6 Å². The summed E-state index contributed by atoms with van der Waals surface area (Å²) in [6, 6.07) is 8.35. The first kappa shape index (κ1) is 15.7. The van der Waals surface area contributed by atoms with Crippen molar-refractivity contribution in [1.29, 1.82) is 0 Å². The number of nitrogens with zero attached hydrogens (tertiary/aromatic N) is 1. The van der Waals surface area contributed by atoms with Crippen LogP contribution in [0.3, 0.4) is 0 Å². The number of carbonyl (C=O) groups excluding carboxylic acids is 1. The second-order valence-electron chi connectivity index (χ2n) is 5.67. The van der Waals surface area contributed by atoms with Crippen LogP contribution >= 0.6 is 0 Å². The molecule has 0 saturated heterocycles. The Balaban J connectivity index is 1.82. The third kappa shape index (κ3) is 4.41. The zero-order valence-electron chi connectivity index (χ0n) is 12.3.